The summed E-state index contributed by atoms with van der Waals surface area (Å²) in [6, 6.07) is 0. The van der Waals surface area contributed by atoms with Crippen molar-refractivity contribution in [2.75, 3.05) is 0 Å². The molecule has 13 heavy (non-hydrogen) atoms. The van der Waals surface area contributed by atoms with Gasteiger partial charge in [-0.15, -0.1) is 0 Å². The predicted octanol–water partition coefficient (Wildman–Crippen LogP) is 5.06. The van der Waals surface area contributed by atoms with Crippen LogP contribution in [0.25, 0.3) is 0 Å². The van der Waals surface area contributed by atoms with Crippen LogP contribution in [0.2, 0.25) is 0 Å². The van der Waals surface area contributed by atoms with Crippen molar-refractivity contribution in [3.05, 3.63) is 22.7 Å². The first kappa shape index (κ1) is 13.5. The van der Waals surface area contributed by atoms with E-state index >= 15 is 0 Å². The van der Waals surface area contributed by atoms with E-state index in [2.05, 4.69) is 36.4 Å². The maximum absolute atomic E-state index is 5.74. The first-order valence-electron chi connectivity index (χ1n) is 4.27. The summed E-state index contributed by atoms with van der Waals surface area (Å²) in [5.41, 5.74) is 2.43. The molecule has 0 aliphatic carbocycles. The molecule has 0 bridgehead atoms. The molecule has 0 amide bonds. The largest absolute Gasteiger partial charge is 0.0926 e. The molecule has 0 spiro atoms. The highest BCUT2D eigenvalue weighted by atomic mass is 79.9. The predicted molar refractivity (Wildman–Crippen MR) is 65.7 cm³/mol. The fourth-order valence-corrected chi connectivity index (χ4v) is 1.55. The van der Waals surface area contributed by atoms with Gasteiger partial charge in [0.15, 0.2) is 0 Å². The van der Waals surface area contributed by atoms with Crippen LogP contribution in [0, 0.1) is 5.92 Å². The molecule has 1 unspecified atom stereocenters. The molecule has 0 heterocycles. The Morgan fingerprint density at radius 2 is 2.08 bits per heavy atom. The van der Waals surface area contributed by atoms with Crippen molar-refractivity contribution in [1.82, 2.24) is 0 Å². The lowest BCUT2D eigenvalue weighted by molar-refractivity contribution is 0.582. The minimum absolute atomic E-state index is 0.509. The van der Waals surface area contributed by atoms with E-state index in [0.29, 0.717) is 15.8 Å². The standard InChI is InChI=1S/C10H15BrCl2/c1-7(2)10(11)5-4-9(6-12)8(3)13/h6-7,10H,3-5H2,1-2H3/b9-6-. The van der Waals surface area contributed by atoms with E-state index in [1.54, 1.807) is 0 Å². The monoisotopic (exact) mass is 284 g/mol. The van der Waals surface area contributed by atoms with Crippen molar-refractivity contribution in [3.8, 4) is 0 Å². The molecule has 0 radical (unpaired) electrons. The first-order chi connectivity index (χ1) is 5.99. The summed E-state index contributed by atoms with van der Waals surface area (Å²) in [4.78, 5) is 0.509. The normalized spacial score (nSPS) is 14.8. The average molecular weight is 286 g/mol. The third-order valence-electron chi connectivity index (χ3n) is 1.89. The van der Waals surface area contributed by atoms with Crippen molar-refractivity contribution >= 4 is 39.1 Å². The van der Waals surface area contributed by atoms with Gasteiger partial charge in [-0.3, -0.25) is 0 Å². The molecule has 0 aromatic carbocycles. The Bertz CT molecular complexity index is 197. The third-order valence-corrected chi connectivity index (χ3v) is 3.91. The summed E-state index contributed by atoms with van der Waals surface area (Å²) in [6.45, 7) is 8.01. The Kier molecular flexibility index (Phi) is 7.20. The molecule has 0 aromatic heterocycles. The Morgan fingerprint density at radius 3 is 2.38 bits per heavy atom. The number of rotatable bonds is 5. The Morgan fingerprint density at radius 1 is 1.54 bits per heavy atom. The number of hydrogen-bond donors (Lipinski definition) is 0. The first-order valence-corrected chi connectivity index (χ1v) is 6.00. The Hall–Kier alpha value is 0.540. The molecular weight excluding hydrogens is 271 g/mol. The molecule has 0 aliphatic heterocycles. The number of hydrogen-bond acceptors (Lipinski definition) is 0. The van der Waals surface area contributed by atoms with Gasteiger partial charge in [-0.25, -0.2) is 0 Å². The lowest BCUT2D eigenvalue weighted by atomic mass is 10.0. The number of allylic oxidation sites excluding steroid dienone is 2. The smallest absolute Gasteiger partial charge is 0.0374 e. The SMILES string of the molecule is C=C(Cl)/C(=C\Cl)CCC(Br)C(C)C. The quantitative estimate of drug-likeness (QED) is 0.489. The molecule has 3 heteroatoms. The molecule has 0 fully saturated rings. The van der Waals surface area contributed by atoms with Crippen molar-refractivity contribution in [2.24, 2.45) is 5.92 Å². The molecular formula is C10H15BrCl2. The summed E-state index contributed by atoms with van der Waals surface area (Å²) in [5, 5.41) is 0.540. The maximum atomic E-state index is 5.74. The maximum Gasteiger partial charge on any atom is 0.0374 e. The molecule has 0 rings (SSSR count). The van der Waals surface area contributed by atoms with E-state index in [1.165, 1.54) is 5.54 Å². The summed E-state index contributed by atoms with van der Waals surface area (Å²) in [5.74, 6) is 0.625. The highest BCUT2D eigenvalue weighted by molar-refractivity contribution is 9.09. The van der Waals surface area contributed by atoms with Crippen LogP contribution in [0.5, 0.6) is 0 Å². The van der Waals surface area contributed by atoms with Gasteiger partial charge in [0.1, 0.15) is 0 Å². The van der Waals surface area contributed by atoms with E-state index in [1.807, 2.05) is 0 Å². The van der Waals surface area contributed by atoms with Gasteiger partial charge in [-0.05, 0) is 24.3 Å². The molecule has 0 N–H and O–H groups in total. The van der Waals surface area contributed by atoms with Crippen molar-refractivity contribution in [3.63, 3.8) is 0 Å². The second-order valence-corrected chi connectivity index (χ2v) is 5.19. The third kappa shape index (κ3) is 5.77. The number of halogens is 3. The van der Waals surface area contributed by atoms with Crippen LogP contribution in [0.3, 0.4) is 0 Å². The average Bonchev–Trinajstić information content (AvgIpc) is 2.04. The van der Waals surface area contributed by atoms with Crippen LogP contribution >= 0.6 is 39.1 Å². The van der Waals surface area contributed by atoms with Crippen molar-refractivity contribution in [2.45, 2.75) is 31.5 Å². The Balaban J connectivity index is 3.94. The minimum atomic E-state index is 0.509. The van der Waals surface area contributed by atoms with E-state index in [-0.39, 0.29) is 0 Å². The Labute approximate surface area is 99.1 Å². The van der Waals surface area contributed by atoms with E-state index in [4.69, 9.17) is 23.2 Å². The second kappa shape index (κ2) is 6.92. The second-order valence-electron chi connectivity index (χ2n) is 3.34. The van der Waals surface area contributed by atoms with Crippen LogP contribution in [-0.2, 0) is 0 Å². The molecule has 0 nitrogen and oxygen atoms in total. The zero-order chi connectivity index (χ0) is 10.4. The van der Waals surface area contributed by atoms with Gasteiger partial charge < -0.3 is 0 Å². The minimum Gasteiger partial charge on any atom is -0.0926 e. The van der Waals surface area contributed by atoms with Gasteiger partial charge >= 0.3 is 0 Å². The molecule has 0 aromatic rings. The molecule has 76 valence electrons. The summed E-state index contributed by atoms with van der Waals surface area (Å²) in [6.07, 6.45) is 1.90. The topological polar surface area (TPSA) is 0 Å². The van der Waals surface area contributed by atoms with Gasteiger partial charge in [-0.2, -0.15) is 0 Å². The molecule has 0 saturated carbocycles. The van der Waals surface area contributed by atoms with Crippen molar-refractivity contribution < 1.29 is 0 Å². The van der Waals surface area contributed by atoms with Gasteiger partial charge in [0.2, 0.25) is 0 Å². The van der Waals surface area contributed by atoms with E-state index < -0.39 is 0 Å². The van der Waals surface area contributed by atoms with Gasteiger partial charge in [-0.1, -0.05) is 59.6 Å². The summed E-state index contributed by atoms with van der Waals surface area (Å²) in [7, 11) is 0. The number of alkyl halides is 1. The lowest BCUT2D eigenvalue weighted by Crippen LogP contribution is -2.06. The van der Waals surface area contributed by atoms with Crippen LogP contribution in [0.1, 0.15) is 26.7 Å². The van der Waals surface area contributed by atoms with Crippen LogP contribution in [-0.4, -0.2) is 4.83 Å². The molecule has 0 aliphatic rings. The highest BCUT2D eigenvalue weighted by Gasteiger charge is 2.10. The molecule has 0 saturated heterocycles. The van der Waals surface area contributed by atoms with E-state index in [9.17, 15) is 0 Å². The van der Waals surface area contributed by atoms with Crippen LogP contribution < -0.4 is 0 Å². The van der Waals surface area contributed by atoms with Crippen molar-refractivity contribution in [1.29, 1.82) is 0 Å². The lowest BCUT2D eigenvalue weighted by Gasteiger charge is -2.13. The van der Waals surface area contributed by atoms with Crippen LogP contribution in [0.15, 0.2) is 22.7 Å². The fraction of sp³-hybridized carbons (Fsp3) is 0.600. The van der Waals surface area contributed by atoms with E-state index in [0.717, 1.165) is 18.4 Å². The summed E-state index contributed by atoms with van der Waals surface area (Å²) < 4.78 is 0. The zero-order valence-electron chi connectivity index (χ0n) is 7.99. The zero-order valence-corrected chi connectivity index (χ0v) is 11.1. The van der Waals surface area contributed by atoms with Crippen LogP contribution in [0.4, 0.5) is 0 Å². The van der Waals surface area contributed by atoms with Gasteiger partial charge in [0.05, 0.1) is 0 Å². The summed E-state index contributed by atoms with van der Waals surface area (Å²) >= 11 is 15.0. The van der Waals surface area contributed by atoms with Gasteiger partial charge in [0.25, 0.3) is 0 Å². The molecule has 1 atom stereocenters. The van der Waals surface area contributed by atoms with Gasteiger partial charge in [0, 0.05) is 15.4 Å². The highest BCUT2D eigenvalue weighted by Crippen LogP contribution is 2.24. The fourth-order valence-electron chi connectivity index (χ4n) is 0.876.